The number of rotatable bonds is 0. The van der Waals surface area contributed by atoms with Crippen LogP contribution in [0.5, 0.6) is 0 Å². The van der Waals surface area contributed by atoms with Gasteiger partial charge in [-0.1, -0.05) is 0 Å². The summed E-state index contributed by atoms with van der Waals surface area (Å²) in [5, 5.41) is 5.88. The van der Waals surface area contributed by atoms with Crippen molar-refractivity contribution in [3.8, 4) is 0 Å². The molecule has 0 fully saturated rings. The maximum atomic E-state index is 9.75. The minimum Gasteiger partial charge on any atom is -0.418 e. The Hall–Kier alpha value is -0.745. The lowest BCUT2D eigenvalue weighted by Gasteiger charge is -2.00. The molecule has 1 aliphatic heterocycles. The fraction of sp³-hybridized carbons (Fsp3) is 0.750. The van der Waals surface area contributed by atoms with E-state index < -0.39 is 7.25 Å². The first-order chi connectivity index (χ1) is 4.89. The van der Waals surface area contributed by atoms with Crippen molar-refractivity contribution in [3.63, 3.8) is 0 Å². The third-order valence-electron chi connectivity index (χ3n) is 0.861. The van der Waals surface area contributed by atoms with Gasteiger partial charge in [0, 0.05) is 26.2 Å². The fourth-order valence-corrected chi connectivity index (χ4v) is 0.499. The summed E-state index contributed by atoms with van der Waals surface area (Å²) in [5.41, 5.74) is 0. The van der Waals surface area contributed by atoms with Gasteiger partial charge < -0.3 is 22.3 Å². The second kappa shape index (κ2) is 4.20. The molecule has 0 aromatic heterocycles. The van der Waals surface area contributed by atoms with Crippen molar-refractivity contribution in [3.05, 3.63) is 0 Å². The van der Waals surface area contributed by atoms with Gasteiger partial charge in [0.05, 0.1) is 0 Å². The lowest BCUT2D eigenvalue weighted by Crippen LogP contribution is -2.04. The summed E-state index contributed by atoms with van der Waals surface area (Å²) in [6.45, 7) is 1.10. The normalized spacial score (nSPS) is 16.3. The van der Waals surface area contributed by atoms with Crippen molar-refractivity contribution in [1.82, 2.24) is 5.01 Å². The van der Waals surface area contributed by atoms with Crippen molar-refractivity contribution in [2.45, 2.75) is 6.42 Å². The van der Waals surface area contributed by atoms with Gasteiger partial charge in [-0.3, -0.25) is 0 Å². The maximum absolute atomic E-state index is 9.75. The first-order valence-electron chi connectivity index (χ1n) is 3.00. The van der Waals surface area contributed by atoms with Crippen LogP contribution in [0.2, 0.25) is 0 Å². The largest absolute Gasteiger partial charge is 1.00 e. The Morgan fingerprint density at radius 1 is 1.45 bits per heavy atom. The van der Waals surface area contributed by atoms with E-state index in [-0.39, 0.29) is 1.43 Å². The van der Waals surface area contributed by atoms with Gasteiger partial charge in [0.1, 0.15) is 0 Å². The quantitative estimate of drug-likeness (QED) is 0.401. The van der Waals surface area contributed by atoms with E-state index in [1.807, 2.05) is 18.3 Å². The number of hydrogen-bond donors (Lipinski definition) is 0. The highest BCUT2D eigenvalue weighted by molar-refractivity contribution is 6.50. The SMILES string of the molecule is CN1CCC=N1.F[B-](F)(F)F.[H+]. The molecule has 0 atom stereocenters. The highest BCUT2D eigenvalue weighted by Crippen LogP contribution is 2.06. The Morgan fingerprint density at radius 3 is 2.00 bits per heavy atom. The van der Waals surface area contributed by atoms with Crippen molar-refractivity contribution in [2.75, 3.05) is 13.6 Å². The predicted octanol–water partition coefficient (Wildman–Crippen LogP) is 1.72. The maximum Gasteiger partial charge on any atom is 1.00 e. The van der Waals surface area contributed by atoms with Crippen molar-refractivity contribution in [1.29, 1.82) is 0 Å². The van der Waals surface area contributed by atoms with E-state index in [1.165, 1.54) is 0 Å². The molecule has 7 heteroatoms. The molecule has 0 aromatic carbocycles. The molecule has 0 N–H and O–H groups in total. The molecule has 1 heterocycles. The van der Waals surface area contributed by atoms with Gasteiger partial charge in [-0.2, -0.15) is 5.10 Å². The fourth-order valence-electron chi connectivity index (χ4n) is 0.499. The summed E-state index contributed by atoms with van der Waals surface area (Å²) >= 11 is 0. The van der Waals surface area contributed by atoms with E-state index in [0.717, 1.165) is 13.0 Å². The van der Waals surface area contributed by atoms with Gasteiger partial charge in [0.25, 0.3) is 0 Å². The monoisotopic (exact) mass is 172 g/mol. The summed E-state index contributed by atoms with van der Waals surface area (Å²) in [7, 11) is -4.02. The van der Waals surface area contributed by atoms with Gasteiger partial charge in [0.15, 0.2) is 0 Å². The van der Waals surface area contributed by atoms with Gasteiger partial charge in [-0.25, -0.2) is 0 Å². The topological polar surface area (TPSA) is 15.6 Å². The van der Waals surface area contributed by atoms with E-state index in [4.69, 9.17) is 0 Å². The zero-order valence-electron chi connectivity index (χ0n) is 6.98. The highest BCUT2D eigenvalue weighted by atomic mass is 19.5. The first kappa shape index (κ1) is 10.3. The number of hydrogen-bond acceptors (Lipinski definition) is 2. The Labute approximate surface area is 63.5 Å². The minimum absolute atomic E-state index is 0. The van der Waals surface area contributed by atoms with Crippen LogP contribution in [0.1, 0.15) is 7.85 Å². The van der Waals surface area contributed by atoms with Gasteiger partial charge in [0.2, 0.25) is 0 Å². The highest BCUT2D eigenvalue weighted by Gasteiger charge is 2.20. The lowest BCUT2D eigenvalue weighted by molar-refractivity contribution is 0.368. The molecule has 0 saturated carbocycles. The Morgan fingerprint density at radius 2 is 1.91 bits per heavy atom. The second-order valence-electron chi connectivity index (χ2n) is 1.96. The molecule has 2 nitrogen and oxygen atoms in total. The average Bonchev–Trinajstić information content (AvgIpc) is 2.12. The Balaban J connectivity index is 0. The number of nitrogens with zero attached hydrogens (tertiary/aromatic N) is 2. The van der Waals surface area contributed by atoms with E-state index >= 15 is 0 Å². The predicted molar refractivity (Wildman–Crippen MR) is 37.0 cm³/mol. The lowest BCUT2D eigenvalue weighted by atomic mass is 10.3. The van der Waals surface area contributed by atoms with Crippen LogP contribution in [-0.2, 0) is 0 Å². The van der Waals surface area contributed by atoms with E-state index in [9.17, 15) is 17.3 Å². The van der Waals surface area contributed by atoms with Crippen molar-refractivity contribution < 1.29 is 18.7 Å². The molecule has 0 aromatic rings. The molecule has 0 aliphatic carbocycles. The summed E-state index contributed by atoms with van der Waals surface area (Å²) in [6, 6.07) is 0. The van der Waals surface area contributed by atoms with Crippen LogP contribution < -0.4 is 0 Å². The smallest absolute Gasteiger partial charge is 0.418 e. The van der Waals surface area contributed by atoms with E-state index in [2.05, 4.69) is 5.10 Å². The van der Waals surface area contributed by atoms with Crippen LogP contribution in [0, 0.1) is 0 Å². The van der Waals surface area contributed by atoms with Gasteiger partial charge in [-0.15, -0.1) is 0 Å². The summed E-state index contributed by atoms with van der Waals surface area (Å²) in [5.74, 6) is 0. The van der Waals surface area contributed by atoms with E-state index in [1.54, 1.807) is 0 Å². The third kappa shape index (κ3) is 12.5. The molecule has 0 amide bonds. The van der Waals surface area contributed by atoms with Crippen LogP contribution >= 0.6 is 0 Å². The Kier molecular flexibility index (Phi) is 3.91. The molecular weight excluding hydrogens is 163 g/mol. The van der Waals surface area contributed by atoms with Crippen molar-refractivity contribution in [2.24, 2.45) is 5.10 Å². The van der Waals surface area contributed by atoms with Crippen LogP contribution in [0.3, 0.4) is 0 Å². The molecule has 0 radical (unpaired) electrons. The van der Waals surface area contributed by atoms with Crippen LogP contribution in [0.4, 0.5) is 17.3 Å². The molecule has 0 unspecified atom stereocenters. The summed E-state index contributed by atoms with van der Waals surface area (Å²) in [6.07, 6.45) is 3.05. The van der Waals surface area contributed by atoms with Crippen LogP contribution in [-0.4, -0.2) is 32.1 Å². The first-order valence-corrected chi connectivity index (χ1v) is 3.00. The summed E-state index contributed by atoms with van der Waals surface area (Å²) < 4.78 is 39.0. The zero-order valence-corrected chi connectivity index (χ0v) is 5.98. The second-order valence-corrected chi connectivity index (χ2v) is 1.96. The summed E-state index contributed by atoms with van der Waals surface area (Å²) in [4.78, 5) is 0. The van der Waals surface area contributed by atoms with Gasteiger partial charge >= 0.3 is 8.68 Å². The van der Waals surface area contributed by atoms with E-state index in [0.29, 0.717) is 0 Å². The minimum atomic E-state index is -6.00. The van der Waals surface area contributed by atoms with Crippen LogP contribution in [0.15, 0.2) is 5.10 Å². The van der Waals surface area contributed by atoms with Crippen LogP contribution in [0.25, 0.3) is 0 Å². The Bertz CT molecular complexity index is 134. The third-order valence-corrected chi connectivity index (χ3v) is 0.861. The molecule has 0 bridgehead atoms. The molecule has 1 aliphatic rings. The number of halogens is 4. The molecule has 0 spiro atoms. The average molecular weight is 172 g/mol. The molecular formula is C4H9BF4N2. The zero-order chi connectivity index (χ0) is 8.91. The molecule has 66 valence electrons. The molecule has 11 heavy (non-hydrogen) atoms. The molecule has 1 rings (SSSR count). The molecule has 0 saturated heterocycles. The van der Waals surface area contributed by atoms with Crippen molar-refractivity contribution >= 4 is 13.5 Å². The standard InChI is InChI=1S/C4H8N2.BF4/c1-6-4-2-3-5-6;2-1(3,4)5/h3H,2,4H2,1H3;/q;-1/p+1. The van der Waals surface area contributed by atoms with Gasteiger partial charge in [-0.05, 0) is 0 Å². The number of hydrazone groups is 1.